The number of nitrogen functional groups attached to an aromatic ring is 1. The van der Waals surface area contributed by atoms with Crippen molar-refractivity contribution >= 4 is 5.69 Å². The highest BCUT2D eigenvalue weighted by atomic mass is 19.1. The van der Waals surface area contributed by atoms with E-state index in [9.17, 15) is 8.78 Å². The highest BCUT2D eigenvalue weighted by Crippen LogP contribution is 2.28. The van der Waals surface area contributed by atoms with Crippen molar-refractivity contribution in [1.29, 1.82) is 0 Å². The molecule has 0 unspecified atom stereocenters. The Balaban J connectivity index is 2.64. The number of aryl methyl sites for hydroxylation is 2. The van der Waals surface area contributed by atoms with E-state index in [0.717, 1.165) is 11.6 Å². The van der Waals surface area contributed by atoms with Crippen LogP contribution in [0.4, 0.5) is 14.5 Å². The Morgan fingerprint density at radius 2 is 1.76 bits per heavy atom. The standard InChI is InChI=1S/C13H12F2N2/c1-7-3-12(16)13(17-6-7)9-4-8(2)10(14)5-11(9)15/h3-6H,16H2,1-2H3. The first-order chi connectivity index (χ1) is 7.99. The number of halogens is 2. The maximum Gasteiger partial charge on any atom is 0.135 e. The van der Waals surface area contributed by atoms with Crippen LogP contribution in [0.3, 0.4) is 0 Å². The summed E-state index contributed by atoms with van der Waals surface area (Å²) in [4.78, 5) is 4.09. The van der Waals surface area contributed by atoms with Crippen LogP contribution >= 0.6 is 0 Å². The molecular formula is C13H12F2N2. The van der Waals surface area contributed by atoms with Crippen molar-refractivity contribution in [1.82, 2.24) is 4.98 Å². The topological polar surface area (TPSA) is 38.9 Å². The number of nitrogens with two attached hydrogens (primary N) is 1. The molecule has 2 rings (SSSR count). The molecule has 0 radical (unpaired) electrons. The van der Waals surface area contributed by atoms with Gasteiger partial charge in [-0.25, -0.2) is 8.78 Å². The zero-order valence-electron chi connectivity index (χ0n) is 9.59. The Morgan fingerprint density at radius 3 is 2.41 bits per heavy atom. The number of nitrogens with zero attached hydrogens (tertiary/aromatic N) is 1. The van der Waals surface area contributed by atoms with Crippen molar-refractivity contribution in [2.45, 2.75) is 13.8 Å². The summed E-state index contributed by atoms with van der Waals surface area (Å²) in [5.41, 5.74) is 8.00. The number of aromatic nitrogens is 1. The van der Waals surface area contributed by atoms with Crippen LogP contribution in [0, 0.1) is 25.5 Å². The van der Waals surface area contributed by atoms with E-state index in [0.29, 0.717) is 16.9 Å². The lowest BCUT2D eigenvalue weighted by Crippen LogP contribution is -1.98. The Morgan fingerprint density at radius 1 is 1.06 bits per heavy atom. The third-order valence-electron chi connectivity index (χ3n) is 2.56. The Kier molecular flexibility index (Phi) is 2.79. The molecule has 4 heteroatoms. The Labute approximate surface area is 98.1 Å². The minimum absolute atomic E-state index is 0.224. The fourth-order valence-electron chi connectivity index (χ4n) is 1.66. The average Bonchev–Trinajstić information content (AvgIpc) is 2.24. The molecule has 1 heterocycles. The van der Waals surface area contributed by atoms with Crippen molar-refractivity contribution < 1.29 is 8.78 Å². The van der Waals surface area contributed by atoms with Crippen LogP contribution in [0.2, 0.25) is 0 Å². The summed E-state index contributed by atoms with van der Waals surface area (Å²) in [7, 11) is 0. The molecule has 0 spiro atoms. The maximum atomic E-state index is 13.7. The van der Waals surface area contributed by atoms with E-state index in [-0.39, 0.29) is 5.56 Å². The summed E-state index contributed by atoms with van der Waals surface area (Å²) in [6.07, 6.45) is 1.60. The van der Waals surface area contributed by atoms with Crippen molar-refractivity contribution in [3.63, 3.8) is 0 Å². The monoisotopic (exact) mass is 234 g/mol. The Hall–Kier alpha value is -1.97. The van der Waals surface area contributed by atoms with Gasteiger partial charge in [0.25, 0.3) is 0 Å². The predicted octanol–water partition coefficient (Wildman–Crippen LogP) is 3.23. The summed E-state index contributed by atoms with van der Waals surface area (Å²) in [6.45, 7) is 3.42. The van der Waals surface area contributed by atoms with Gasteiger partial charge in [0.15, 0.2) is 0 Å². The molecule has 0 aliphatic rings. The third kappa shape index (κ3) is 2.11. The van der Waals surface area contributed by atoms with Crippen LogP contribution in [-0.2, 0) is 0 Å². The van der Waals surface area contributed by atoms with Crippen molar-refractivity contribution in [2.24, 2.45) is 0 Å². The van der Waals surface area contributed by atoms with Gasteiger partial charge in [0.2, 0.25) is 0 Å². The SMILES string of the molecule is Cc1cnc(-c2cc(C)c(F)cc2F)c(N)c1. The van der Waals surface area contributed by atoms with Crippen molar-refractivity contribution in [3.05, 3.63) is 47.2 Å². The van der Waals surface area contributed by atoms with E-state index in [1.54, 1.807) is 19.2 Å². The normalized spacial score (nSPS) is 10.6. The summed E-state index contributed by atoms with van der Waals surface area (Å²) >= 11 is 0. The van der Waals surface area contributed by atoms with Gasteiger partial charge in [-0.2, -0.15) is 0 Å². The summed E-state index contributed by atoms with van der Waals surface area (Å²) in [6, 6.07) is 3.98. The first-order valence-corrected chi connectivity index (χ1v) is 5.17. The molecule has 0 bridgehead atoms. The van der Waals surface area contributed by atoms with Crippen molar-refractivity contribution in [2.75, 3.05) is 5.73 Å². The molecule has 0 saturated heterocycles. The first-order valence-electron chi connectivity index (χ1n) is 5.17. The Bertz CT molecular complexity index is 580. The zero-order valence-corrected chi connectivity index (χ0v) is 9.59. The summed E-state index contributed by atoms with van der Waals surface area (Å²) in [5, 5.41) is 0. The van der Waals surface area contributed by atoms with Gasteiger partial charge in [-0.3, -0.25) is 4.98 Å². The van der Waals surface area contributed by atoms with Crippen LogP contribution < -0.4 is 5.73 Å². The third-order valence-corrected chi connectivity index (χ3v) is 2.56. The molecule has 0 aliphatic heterocycles. The number of anilines is 1. The van der Waals surface area contributed by atoms with Crippen LogP contribution in [0.1, 0.15) is 11.1 Å². The van der Waals surface area contributed by atoms with Crippen LogP contribution in [0.15, 0.2) is 24.4 Å². The molecule has 2 N–H and O–H groups in total. The minimum Gasteiger partial charge on any atom is -0.397 e. The highest BCUT2D eigenvalue weighted by molar-refractivity contribution is 5.73. The molecule has 0 aliphatic carbocycles. The molecule has 2 aromatic rings. The van der Waals surface area contributed by atoms with Crippen LogP contribution in [-0.4, -0.2) is 4.98 Å². The molecule has 1 aromatic heterocycles. The number of hydrogen-bond acceptors (Lipinski definition) is 2. The van der Waals surface area contributed by atoms with Gasteiger partial charge in [0, 0.05) is 17.8 Å². The number of rotatable bonds is 1. The van der Waals surface area contributed by atoms with Gasteiger partial charge in [-0.15, -0.1) is 0 Å². The van der Waals surface area contributed by atoms with E-state index in [1.807, 2.05) is 6.92 Å². The number of pyridine rings is 1. The first kappa shape index (κ1) is 11.5. The molecule has 17 heavy (non-hydrogen) atoms. The van der Waals surface area contributed by atoms with Gasteiger partial charge in [0.05, 0.1) is 11.4 Å². The lowest BCUT2D eigenvalue weighted by molar-refractivity contribution is 0.579. The van der Waals surface area contributed by atoms with E-state index in [2.05, 4.69) is 4.98 Å². The second kappa shape index (κ2) is 4.13. The molecule has 0 fully saturated rings. The quantitative estimate of drug-likeness (QED) is 0.822. The summed E-state index contributed by atoms with van der Waals surface area (Å²) < 4.78 is 26.8. The molecule has 0 atom stereocenters. The van der Waals surface area contributed by atoms with E-state index < -0.39 is 11.6 Å². The molecular weight excluding hydrogens is 222 g/mol. The molecule has 2 nitrogen and oxygen atoms in total. The van der Waals surface area contributed by atoms with Gasteiger partial charge in [0.1, 0.15) is 11.6 Å². The maximum absolute atomic E-state index is 13.7. The fraction of sp³-hybridized carbons (Fsp3) is 0.154. The number of hydrogen-bond donors (Lipinski definition) is 1. The largest absolute Gasteiger partial charge is 0.397 e. The van der Waals surface area contributed by atoms with Crippen LogP contribution in [0.5, 0.6) is 0 Å². The second-order valence-corrected chi connectivity index (χ2v) is 4.03. The highest BCUT2D eigenvalue weighted by Gasteiger charge is 2.12. The lowest BCUT2D eigenvalue weighted by atomic mass is 10.1. The smallest absolute Gasteiger partial charge is 0.135 e. The molecule has 88 valence electrons. The minimum atomic E-state index is -0.656. The molecule has 1 aromatic carbocycles. The second-order valence-electron chi connectivity index (χ2n) is 4.03. The zero-order chi connectivity index (χ0) is 12.6. The molecule has 0 saturated carbocycles. The van der Waals surface area contributed by atoms with Gasteiger partial charge >= 0.3 is 0 Å². The summed E-state index contributed by atoms with van der Waals surface area (Å²) in [5.74, 6) is -1.23. The molecule has 0 amide bonds. The van der Waals surface area contributed by atoms with Crippen LogP contribution in [0.25, 0.3) is 11.3 Å². The van der Waals surface area contributed by atoms with E-state index >= 15 is 0 Å². The van der Waals surface area contributed by atoms with Crippen molar-refractivity contribution in [3.8, 4) is 11.3 Å². The van der Waals surface area contributed by atoms with Gasteiger partial charge < -0.3 is 5.73 Å². The predicted molar refractivity (Wildman–Crippen MR) is 63.5 cm³/mol. The van der Waals surface area contributed by atoms with E-state index in [4.69, 9.17) is 5.73 Å². The average molecular weight is 234 g/mol. The van der Waals surface area contributed by atoms with Gasteiger partial charge in [-0.1, -0.05) is 0 Å². The lowest BCUT2D eigenvalue weighted by Gasteiger charge is -2.08. The number of benzene rings is 1. The van der Waals surface area contributed by atoms with Gasteiger partial charge in [-0.05, 0) is 37.1 Å². The van der Waals surface area contributed by atoms with E-state index in [1.165, 1.54) is 6.07 Å². The fourth-order valence-corrected chi connectivity index (χ4v) is 1.66.